The van der Waals surface area contributed by atoms with E-state index in [0.717, 1.165) is 29.6 Å². The van der Waals surface area contributed by atoms with Crippen LogP contribution in [0.2, 0.25) is 0 Å². The second-order valence-electron chi connectivity index (χ2n) is 5.88. The molecule has 0 aliphatic heterocycles. The van der Waals surface area contributed by atoms with E-state index in [2.05, 4.69) is 22.1 Å². The van der Waals surface area contributed by atoms with Crippen molar-refractivity contribution in [3.63, 3.8) is 0 Å². The molecule has 4 nitrogen and oxygen atoms in total. The molecule has 4 heteroatoms. The summed E-state index contributed by atoms with van der Waals surface area (Å²) in [7, 11) is 1.73. The number of benzene rings is 1. The van der Waals surface area contributed by atoms with Crippen LogP contribution in [0.4, 0.5) is 5.69 Å². The largest absolute Gasteiger partial charge is 0.384 e. The summed E-state index contributed by atoms with van der Waals surface area (Å²) >= 11 is 0. The Morgan fingerprint density at radius 2 is 2.22 bits per heavy atom. The standard InChI is InChI=1S/C19H23N3O/c1-23-12-2-3-14(15-4-5-15)6-9-19(20)22-17-7-8-18-16(13-17)10-11-21-18/h3,6-11,13,15,21H,2,4-5,12H2,1H3,(H2,20,22)/b9-6-,14-3+. The lowest BCUT2D eigenvalue weighted by molar-refractivity contribution is 0.204. The third kappa shape index (κ3) is 4.33. The van der Waals surface area contributed by atoms with Gasteiger partial charge in [0.25, 0.3) is 0 Å². The van der Waals surface area contributed by atoms with Gasteiger partial charge in [0.2, 0.25) is 0 Å². The van der Waals surface area contributed by atoms with Crippen LogP contribution >= 0.6 is 0 Å². The van der Waals surface area contributed by atoms with Crippen LogP contribution in [-0.2, 0) is 4.74 Å². The summed E-state index contributed by atoms with van der Waals surface area (Å²) in [4.78, 5) is 7.65. The average molecular weight is 309 g/mol. The maximum atomic E-state index is 6.05. The lowest BCUT2D eigenvalue weighted by Gasteiger charge is -2.01. The summed E-state index contributed by atoms with van der Waals surface area (Å²) in [6, 6.07) is 8.05. The van der Waals surface area contributed by atoms with Gasteiger partial charge in [-0.3, -0.25) is 0 Å². The normalized spacial score (nSPS) is 16.6. The molecule has 0 radical (unpaired) electrons. The minimum atomic E-state index is 0.526. The topological polar surface area (TPSA) is 63.4 Å². The Bertz CT molecular complexity index is 751. The van der Waals surface area contributed by atoms with E-state index >= 15 is 0 Å². The summed E-state index contributed by atoms with van der Waals surface area (Å²) in [6.45, 7) is 0.754. The number of H-pyrrole nitrogens is 1. The summed E-state index contributed by atoms with van der Waals surface area (Å²) in [5, 5.41) is 1.14. The van der Waals surface area contributed by atoms with Crippen LogP contribution < -0.4 is 5.73 Å². The van der Waals surface area contributed by atoms with E-state index in [0.29, 0.717) is 11.8 Å². The molecule has 23 heavy (non-hydrogen) atoms. The highest BCUT2D eigenvalue weighted by Crippen LogP contribution is 2.37. The minimum absolute atomic E-state index is 0.526. The van der Waals surface area contributed by atoms with E-state index in [1.54, 1.807) is 7.11 Å². The Morgan fingerprint density at radius 3 is 3.00 bits per heavy atom. The lowest BCUT2D eigenvalue weighted by Crippen LogP contribution is -2.07. The van der Waals surface area contributed by atoms with Gasteiger partial charge in [-0.05, 0) is 61.1 Å². The van der Waals surface area contributed by atoms with Gasteiger partial charge in [0.15, 0.2) is 0 Å². The number of aromatic amines is 1. The van der Waals surface area contributed by atoms with Crippen molar-refractivity contribution in [2.75, 3.05) is 13.7 Å². The molecule has 120 valence electrons. The first-order valence-corrected chi connectivity index (χ1v) is 8.04. The van der Waals surface area contributed by atoms with Crippen LogP contribution in [0.3, 0.4) is 0 Å². The molecule has 1 fully saturated rings. The molecule has 1 aromatic carbocycles. The van der Waals surface area contributed by atoms with Gasteiger partial charge >= 0.3 is 0 Å². The number of rotatable bonds is 7. The van der Waals surface area contributed by atoms with E-state index in [1.165, 1.54) is 18.4 Å². The SMILES string of the molecule is COCC/C=C(\C=C/C(N)=Nc1ccc2[nH]ccc2c1)C1CC1. The predicted molar refractivity (Wildman–Crippen MR) is 96.0 cm³/mol. The van der Waals surface area contributed by atoms with E-state index in [-0.39, 0.29) is 0 Å². The molecule has 1 heterocycles. The number of ether oxygens (including phenoxy) is 1. The Hall–Kier alpha value is -2.33. The number of nitrogens with zero attached hydrogens (tertiary/aromatic N) is 1. The second-order valence-corrected chi connectivity index (χ2v) is 5.88. The molecule has 0 bridgehead atoms. The first kappa shape index (κ1) is 15.6. The zero-order chi connectivity index (χ0) is 16.1. The Labute approximate surface area is 136 Å². The van der Waals surface area contributed by atoms with Crippen LogP contribution in [0.25, 0.3) is 10.9 Å². The van der Waals surface area contributed by atoms with Crippen molar-refractivity contribution in [1.29, 1.82) is 0 Å². The molecule has 0 atom stereocenters. The van der Waals surface area contributed by atoms with E-state index in [1.807, 2.05) is 36.5 Å². The monoisotopic (exact) mass is 309 g/mol. The number of methoxy groups -OCH3 is 1. The van der Waals surface area contributed by atoms with Crippen LogP contribution in [0.15, 0.2) is 59.3 Å². The molecule has 1 aliphatic carbocycles. The first-order valence-electron chi connectivity index (χ1n) is 8.04. The Balaban J connectivity index is 1.70. The predicted octanol–water partition coefficient (Wildman–Crippen LogP) is 4.09. The number of hydrogen-bond donors (Lipinski definition) is 2. The average Bonchev–Trinajstić information content (AvgIpc) is 3.28. The van der Waals surface area contributed by atoms with Crippen molar-refractivity contribution in [2.24, 2.45) is 16.6 Å². The fourth-order valence-electron chi connectivity index (χ4n) is 2.61. The van der Waals surface area contributed by atoms with Gasteiger partial charge in [-0.2, -0.15) is 0 Å². The molecule has 0 unspecified atom stereocenters. The van der Waals surface area contributed by atoms with Crippen LogP contribution in [-0.4, -0.2) is 24.5 Å². The Kier molecular flexibility index (Phi) is 4.93. The van der Waals surface area contributed by atoms with Gasteiger partial charge in [0.1, 0.15) is 5.84 Å². The number of amidine groups is 1. The molecule has 1 saturated carbocycles. The molecule has 0 spiro atoms. The van der Waals surface area contributed by atoms with Crippen molar-refractivity contribution < 1.29 is 4.74 Å². The quantitative estimate of drug-likeness (QED) is 0.350. The van der Waals surface area contributed by atoms with E-state index in [4.69, 9.17) is 10.5 Å². The van der Waals surface area contributed by atoms with Crippen molar-refractivity contribution in [2.45, 2.75) is 19.3 Å². The summed E-state index contributed by atoms with van der Waals surface area (Å²) in [5.41, 5.74) is 9.38. The zero-order valence-electron chi connectivity index (χ0n) is 13.5. The van der Waals surface area contributed by atoms with E-state index in [9.17, 15) is 0 Å². The number of aliphatic imine (C=N–C) groups is 1. The van der Waals surface area contributed by atoms with Crippen molar-refractivity contribution in [3.8, 4) is 0 Å². The molecule has 3 rings (SSSR count). The van der Waals surface area contributed by atoms with Gasteiger partial charge in [0.05, 0.1) is 5.69 Å². The maximum absolute atomic E-state index is 6.05. The van der Waals surface area contributed by atoms with Gasteiger partial charge < -0.3 is 15.5 Å². The van der Waals surface area contributed by atoms with Gasteiger partial charge in [-0.15, -0.1) is 0 Å². The van der Waals surface area contributed by atoms with E-state index < -0.39 is 0 Å². The van der Waals surface area contributed by atoms with Crippen molar-refractivity contribution >= 4 is 22.4 Å². The number of fused-ring (bicyclic) bond motifs is 1. The van der Waals surface area contributed by atoms with Gasteiger partial charge in [-0.25, -0.2) is 4.99 Å². The van der Waals surface area contributed by atoms with Gasteiger partial charge in [0, 0.05) is 30.8 Å². The number of aromatic nitrogens is 1. The highest BCUT2D eigenvalue weighted by Gasteiger charge is 2.23. The Morgan fingerprint density at radius 1 is 1.35 bits per heavy atom. The molecule has 3 N–H and O–H groups in total. The molecule has 2 aromatic rings. The molecule has 1 aliphatic rings. The summed E-state index contributed by atoms with van der Waals surface area (Å²) < 4.78 is 5.11. The second kappa shape index (κ2) is 7.29. The third-order valence-electron chi connectivity index (χ3n) is 3.99. The molecule has 1 aromatic heterocycles. The number of hydrogen-bond acceptors (Lipinski definition) is 2. The number of nitrogens with one attached hydrogen (secondary N) is 1. The highest BCUT2D eigenvalue weighted by molar-refractivity contribution is 5.94. The van der Waals surface area contributed by atoms with Crippen LogP contribution in [0.5, 0.6) is 0 Å². The summed E-state index contributed by atoms with van der Waals surface area (Å²) in [5.74, 6) is 1.21. The van der Waals surface area contributed by atoms with Gasteiger partial charge in [-0.1, -0.05) is 12.2 Å². The summed E-state index contributed by atoms with van der Waals surface area (Å²) in [6.07, 6.45) is 11.6. The minimum Gasteiger partial charge on any atom is -0.384 e. The van der Waals surface area contributed by atoms with Crippen LogP contribution in [0.1, 0.15) is 19.3 Å². The third-order valence-corrected chi connectivity index (χ3v) is 3.99. The van der Waals surface area contributed by atoms with Crippen LogP contribution in [0, 0.1) is 5.92 Å². The lowest BCUT2D eigenvalue weighted by atomic mass is 10.1. The molecule has 0 amide bonds. The zero-order valence-corrected chi connectivity index (χ0v) is 13.5. The fourth-order valence-corrected chi connectivity index (χ4v) is 2.61. The van der Waals surface area contributed by atoms with Crippen molar-refractivity contribution in [3.05, 3.63) is 54.3 Å². The smallest absolute Gasteiger partial charge is 0.124 e. The van der Waals surface area contributed by atoms with Crippen molar-refractivity contribution in [1.82, 2.24) is 4.98 Å². The number of nitrogens with two attached hydrogens (primary N) is 1. The molecular formula is C19H23N3O. The number of allylic oxidation sites excluding steroid dienone is 2. The molecule has 0 saturated heterocycles. The highest BCUT2D eigenvalue weighted by atomic mass is 16.5. The maximum Gasteiger partial charge on any atom is 0.124 e. The molecular weight excluding hydrogens is 286 g/mol. The fraction of sp³-hybridized carbons (Fsp3) is 0.316. The first-order chi connectivity index (χ1) is 11.3.